The number of carbonyl (C=O) groups is 1. The van der Waals surface area contributed by atoms with Crippen LogP contribution < -0.4 is 9.47 Å². The molecule has 0 unspecified atom stereocenters. The van der Waals surface area contributed by atoms with Gasteiger partial charge in [0.15, 0.2) is 11.5 Å². The van der Waals surface area contributed by atoms with Crippen molar-refractivity contribution in [2.24, 2.45) is 0 Å². The Morgan fingerprint density at radius 2 is 1.91 bits per heavy atom. The number of ether oxygens (including phenoxy) is 2. The monoisotopic (exact) mass is 352 g/mol. The highest BCUT2D eigenvalue weighted by Crippen LogP contribution is 2.30. The van der Waals surface area contributed by atoms with Crippen LogP contribution in [-0.4, -0.2) is 18.2 Å². The van der Waals surface area contributed by atoms with E-state index >= 15 is 0 Å². The summed E-state index contributed by atoms with van der Waals surface area (Å²) in [6.45, 7) is 0.303. The van der Waals surface area contributed by atoms with Gasteiger partial charge in [-0.1, -0.05) is 35.3 Å². The lowest BCUT2D eigenvalue weighted by molar-refractivity contribution is -0.131. The lowest BCUT2D eigenvalue weighted by atomic mass is 10.2. The van der Waals surface area contributed by atoms with E-state index in [0.717, 1.165) is 11.6 Å². The summed E-state index contributed by atoms with van der Waals surface area (Å²) in [5.74, 6) is 0.0487. The minimum atomic E-state index is -1.01. The molecule has 120 valence electrons. The standard InChI is InChI=1S/C17H14Cl2O4/c1-22-16-9-11(4-7-17(20)21)3-6-15(16)23-10-12-2-5-13(18)14(19)8-12/h2-9H,10H2,1H3,(H,20,21). The molecule has 0 aromatic heterocycles. The molecule has 2 rings (SSSR count). The van der Waals surface area contributed by atoms with Crippen molar-refractivity contribution in [1.29, 1.82) is 0 Å². The maximum absolute atomic E-state index is 10.5. The number of methoxy groups -OCH3 is 1. The molecule has 0 aliphatic heterocycles. The first-order valence-electron chi connectivity index (χ1n) is 6.65. The molecule has 0 saturated heterocycles. The third-order valence-corrected chi connectivity index (χ3v) is 3.72. The first-order chi connectivity index (χ1) is 11.0. The number of halogens is 2. The fourth-order valence-corrected chi connectivity index (χ4v) is 2.19. The lowest BCUT2D eigenvalue weighted by Crippen LogP contribution is -1.98. The highest BCUT2D eigenvalue weighted by Gasteiger charge is 2.06. The van der Waals surface area contributed by atoms with E-state index in [2.05, 4.69) is 0 Å². The van der Waals surface area contributed by atoms with E-state index in [1.807, 2.05) is 6.07 Å². The predicted octanol–water partition coefficient (Wildman–Crippen LogP) is 4.68. The predicted molar refractivity (Wildman–Crippen MR) is 90.5 cm³/mol. The van der Waals surface area contributed by atoms with Crippen LogP contribution >= 0.6 is 23.2 Å². The van der Waals surface area contributed by atoms with E-state index < -0.39 is 5.97 Å². The number of hydrogen-bond donors (Lipinski definition) is 1. The Hall–Kier alpha value is -2.17. The minimum Gasteiger partial charge on any atom is -0.493 e. The summed E-state index contributed by atoms with van der Waals surface area (Å²) < 4.78 is 11.0. The summed E-state index contributed by atoms with van der Waals surface area (Å²) in [5, 5.41) is 9.60. The zero-order valence-electron chi connectivity index (χ0n) is 12.3. The Balaban J connectivity index is 2.12. The molecule has 0 spiro atoms. The van der Waals surface area contributed by atoms with Gasteiger partial charge in [0.25, 0.3) is 0 Å². The van der Waals surface area contributed by atoms with Crippen LogP contribution in [0.15, 0.2) is 42.5 Å². The van der Waals surface area contributed by atoms with Gasteiger partial charge in [-0.3, -0.25) is 0 Å². The van der Waals surface area contributed by atoms with Crippen LogP contribution in [0.2, 0.25) is 10.0 Å². The molecule has 0 saturated carbocycles. The average Bonchev–Trinajstić information content (AvgIpc) is 2.54. The summed E-state index contributed by atoms with van der Waals surface area (Å²) in [6, 6.07) is 10.4. The molecule has 0 bridgehead atoms. The van der Waals surface area contributed by atoms with Gasteiger partial charge in [-0.15, -0.1) is 0 Å². The second-order valence-corrected chi connectivity index (χ2v) is 5.43. The van der Waals surface area contributed by atoms with Gasteiger partial charge in [0.05, 0.1) is 17.2 Å². The Kier molecular flexibility index (Phi) is 5.90. The van der Waals surface area contributed by atoms with Gasteiger partial charge in [-0.2, -0.15) is 0 Å². The highest BCUT2D eigenvalue weighted by molar-refractivity contribution is 6.42. The van der Waals surface area contributed by atoms with Crippen molar-refractivity contribution >= 4 is 35.2 Å². The molecule has 2 aromatic rings. The molecule has 1 N–H and O–H groups in total. The summed E-state index contributed by atoms with van der Waals surface area (Å²) in [4.78, 5) is 10.5. The van der Waals surface area contributed by atoms with Gasteiger partial charge < -0.3 is 14.6 Å². The summed E-state index contributed by atoms with van der Waals surface area (Å²) in [7, 11) is 1.52. The summed E-state index contributed by atoms with van der Waals surface area (Å²) >= 11 is 11.8. The molecule has 0 atom stereocenters. The van der Waals surface area contributed by atoms with Crippen LogP contribution in [0.3, 0.4) is 0 Å². The molecule has 0 heterocycles. The molecule has 4 nitrogen and oxygen atoms in total. The van der Waals surface area contributed by atoms with Gasteiger partial charge in [0.1, 0.15) is 6.61 Å². The number of carboxylic acid groups (broad SMARTS) is 1. The zero-order valence-corrected chi connectivity index (χ0v) is 13.8. The van der Waals surface area contributed by atoms with E-state index in [-0.39, 0.29) is 0 Å². The Morgan fingerprint density at radius 1 is 1.13 bits per heavy atom. The summed E-state index contributed by atoms with van der Waals surface area (Å²) in [5.41, 5.74) is 1.57. The maximum Gasteiger partial charge on any atom is 0.328 e. The van der Waals surface area contributed by atoms with E-state index in [4.69, 9.17) is 37.8 Å². The third-order valence-electron chi connectivity index (χ3n) is 2.98. The second kappa shape index (κ2) is 7.90. The van der Waals surface area contributed by atoms with Gasteiger partial charge in [0, 0.05) is 6.08 Å². The van der Waals surface area contributed by atoms with Gasteiger partial charge in [-0.05, 0) is 41.5 Å². The topological polar surface area (TPSA) is 55.8 Å². The molecule has 0 amide bonds. The highest BCUT2D eigenvalue weighted by atomic mass is 35.5. The van der Waals surface area contributed by atoms with Crippen molar-refractivity contribution in [2.45, 2.75) is 6.61 Å². The fourth-order valence-electron chi connectivity index (χ4n) is 1.87. The van der Waals surface area contributed by atoms with Gasteiger partial charge in [0.2, 0.25) is 0 Å². The number of rotatable bonds is 6. The smallest absolute Gasteiger partial charge is 0.328 e. The number of aliphatic carboxylic acids is 1. The van der Waals surface area contributed by atoms with Crippen molar-refractivity contribution < 1.29 is 19.4 Å². The van der Waals surface area contributed by atoms with Crippen LogP contribution in [0, 0.1) is 0 Å². The van der Waals surface area contributed by atoms with Crippen molar-refractivity contribution in [2.75, 3.05) is 7.11 Å². The maximum atomic E-state index is 10.5. The molecule has 2 aromatic carbocycles. The first kappa shape index (κ1) is 17.2. The molecule has 0 fully saturated rings. The quantitative estimate of drug-likeness (QED) is 0.767. The number of hydrogen-bond acceptors (Lipinski definition) is 3. The molecule has 0 aliphatic rings. The molecule has 0 radical (unpaired) electrons. The molecule has 0 aliphatic carbocycles. The van der Waals surface area contributed by atoms with E-state index in [0.29, 0.717) is 33.7 Å². The Morgan fingerprint density at radius 3 is 2.57 bits per heavy atom. The van der Waals surface area contributed by atoms with E-state index in [1.165, 1.54) is 13.2 Å². The van der Waals surface area contributed by atoms with Crippen molar-refractivity contribution in [3.63, 3.8) is 0 Å². The first-order valence-corrected chi connectivity index (χ1v) is 7.41. The Bertz CT molecular complexity index is 741. The Labute approximate surface area is 143 Å². The number of benzene rings is 2. The van der Waals surface area contributed by atoms with Gasteiger partial charge in [-0.25, -0.2) is 4.79 Å². The van der Waals surface area contributed by atoms with Crippen LogP contribution in [0.1, 0.15) is 11.1 Å². The number of carboxylic acids is 1. The van der Waals surface area contributed by atoms with E-state index in [9.17, 15) is 4.79 Å². The summed E-state index contributed by atoms with van der Waals surface area (Å²) in [6.07, 6.45) is 2.54. The largest absolute Gasteiger partial charge is 0.493 e. The van der Waals surface area contributed by atoms with Crippen LogP contribution in [0.5, 0.6) is 11.5 Å². The fraction of sp³-hybridized carbons (Fsp3) is 0.118. The van der Waals surface area contributed by atoms with Crippen LogP contribution in [-0.2, 0) is 11.4 Å². The second-order valence-electron chi connectivity index (χ2n) is 4.62. The average molecular weight is 353 g/mol. The molecule has 23 heavy (non-hydrogen) atoms. The lowest BCUT2D eigenvalue weighted by Gasteiger charge is -2.12. The van der Waals surface area contributed by atoms with E-state index in [1.54, 1.807) is 30.3 Å². The van der Waals surface area contributed by atoms with Gasteiger partial charge >= 0.3 is 5.97 Å². The van der Waals surface area contributed by atoms with Crippen LogP contribution in [0.25, 0.3) is 6.08 Å². The van der Waals surface area contributed by atoms with Crippen molar-refractivity contribution in [3.05, 3.63) is 63.6 Å². The normalized spacial score (nSPS) is 10.7. The molecular formula is C17H14Cl2O4. The van der Waals surface area contributed by atoms with Crippen molar-refractivity contribution in [3.8, 4) is 11.5 Å². The van der Waals surface area contributed by atoms with Crippen molar-refractivity contribution in [1.82, 2.24) is 0 Å². The van der Waals surface area contributed by atoms with Crippen LogP contribution in [0.4, 0.5) is 0 Å². The molecular weight excluding hydrogens is 339 g/mol. The third kappa shape index (κ3) is 4.91. The SMILES string of the molecule is COc1cc(C=CC(=O)O)ccc1OCc1ccc(Cl)c(Cl)c1. The minimum absolute atomic E-state index is 0.303. The zero-order chi connectivity index (χ0) is 16.8. The molecule has 6 heteroatoms.